The topological polar surface area (TPSA) is 45.2 Å². The molecule has 0 amide bonds. The standard InChI is InChI=1S/C49H33N5S/c1-5-14-36(15-6-1)53(37-16-7-2-8-17-37)40-32-51-49(52-33-40)44-28-27-43-41-26-24-34(30-46(41)55-45-23-13-22-42(44)48(43)45)35-25-29-47(50-31-35)54(38-18-9-3-10-19-38)39-20-11-4-12-21-39/h1-33H. The Bertz CT molecular complexity index is 2680. The van der Waals surface area contributed by atoms with E-state index >= 15 is 0 Å². The number of para-hydroxylation sites is 4. The Morgan fingerprint density at radius 1 is 0.364 bits per heavy atom. The molecule has 0 fully saturated rings. The molecule has 55 heavy (non-hydrogen) atoms. The van der Waals surface area contributed by atoms with E-state index in [1.165, 1.54) is 26.3 Å². The van der Waals surface area contributed by atoms with E-state index in [0.717, 1.165) is 56.3 Å². The van der Waals surface area contributed by atoms with Gasteiger partial charge in [0.1, 0.15) is 5.82 Å². The summed E-state index contributed by atoms with van der Waals surface area (Å²) in [5, 5.41) is 2.38. The molecule has 0 spiro atoms. The fraction of sp³-hybridized carbons (Fsp3) is 0. The Balaban J connectivity index is 0.968. The predicted octanol–water partition coefficient (Wildman–Crippen LogP) is 13.4. The fourth-order valence-corrected chi connectivity index (χ4v) is 8.62. The summed E-state index contributed by atoms with van der Waals surface area (Å²) in [5.41, 5.74) is 10.8. The number of pyridine rings is 1. The van der Waals surface area contributed by atoms with Gasteiger partial charge in [0.2, 0.25) is 0 Å². The van der Waals surface area contributed by atoms with Gasteiger partial charge < -0.3 is 4.90 Å². The van der Waals surface area contributed by atoms with Crippen molar-refractivity contribution in [3.05, 3.63) is 201 Å². The lowest BCUT2D eigenvalue weighted by molar-refractivity contribution is 1.14. The quantitative estimate of drug-likeness (QED) is 0.156. The molecule has 1 aliphatic heterocycles. The van der Waals surface area contributed by atoms with Crippen LogP contribution in [-0.4, -0.2) is 15.0 Å². The third kappa shape index (κ3) is 6.09. The van der Waals surface area contributed by atoms with Gasteiger partial charge in [0.25, 0.3) is 0 Å². The Morgan fingerprint density at radius 3 is 1.49 bits per heavy atom. The summed E-state index contributed by atoms with van der Waals surface area (Å²) in [6.07, 6.45) is 5.83. The molecule has 7 aromatic carbocycles. The summed E-state index contributed by atoms with van der Waals surface area (Å²) in [5.74, 6) is 1.57. The zero-order valence-corrected chi connectivity index (χ0v) is 30.5. The van der Waals surface area contributed by atoms with E-state index in [4.69, 9.17) is 15.0 Å². The molecule has 0 N–H and O–H groups in total. The van der Waals surface area contributed by atoms with Gasteiger partial charge in [0.05, 0.1) is 18.1 Å². The second kappa shape index (κ2) is 14.1. The maximum atomic E-state index is 4.98. The highest BCUT2D eigenvalue weighted by atomic mass is 32.2. The summed E-state index contributed by atoms with van der Waals surface area (Å²) in [6.45, 7) is 0. The van der Waals surface area contributed by atoms with Crippen LogP contribution in [0.25, 0.3) is 44.4 Å². The molecule has 9 aromatic rings. The molecule has 3 heterocycles. The van der Waals surface area contributed by atoms with Crippen molar-refractivity contribution in [3.8, 4) is 33.6 Å². The molecule has 0 bridgehead atoms. The normalized spacial score (nSPS) is 11.6. The zero-order chi connectivity index (χ0) is 36.6. The Morgan fingerprint density at radius 2 is 0.909 bits per heavy atom. The number of aromatic nitrogens is 3. The third-order valence-electron chi connectivity index (χ3n) is 10.00. The second-order valence-electron chi connectivity index (χ2n) is 13.3. The largest absolute Gasteiger partial charge is 0.308 e. The van der Waals surface area contributed by atoms with E-state index in [1.54, 1.807) is 0 Å². The molecule has 0 radical (unpaired) electrons. The molecule has 1 aliphatic rings. The first-order valence-corrected chi connectivity index (χ1v) is 19.1. The first-order chi connectivity index (χ1) is 27.3. The average Bonchev–Trinajstić information content (AvgIpc) is 3.26. The molecule has 260 valence electrons. The van der Waals surface area contributed by atoms with Gasteiger partial charge in [0, 0.05) is 55.3 Å². The number of rotatable bonds is 8. The van der Waals surface area contributed by atoms with Crippen LogP contribution < -0.4 is 9.80 Å². The molecular formula is C49H33N5S. The first kappa shape index (κ1) is 32.6. The number of fused-ring (bicyclic) bond motifs is 2. The number of hydrogen-bond donors (Lipinski definition) is 0. The van der Waals surface area contributed by atoms with E-state index in [-0.39, 0.29) is 0 Å². The van der Waals surface area contributed by atoms with Crippen molar-refractivity contribution in [1.82, 2.24) is 15.0 Å². The van der Waals surface area contributed by atoms with Crippen molar-refractivity contribution in [3.63, 3.8) is 0 Å². The van der Waals surface area contributed by atoms with Crippen LogP contribution in [0.5, 0.6) is 0 Å². The maximum Gasteiger partial charge on any atom is 0.159 e. The molecular weight excluding hydrogens is 691 g/mol. The van der Waals surface area contributed by atoms with Crippen LogP contribution in [0.4, 0.5) is 34.3 Å². The summed E-state index contributed by atoms with van der Waals surface area (Å²) < 4.78 is 0. The second-order valence-corrected chi connectivity index (χ2v) is 14.4. The van der Waals surface area contributed by atoms with E-state index in [1.807, 2.05) is 78.9 Å². The van der Waals surface area contributed by atoms with E-state index in [9.17, 15) is 0 Å². The van der Waals surface area contributed by atoms with Gasteiger partial charge in [-0.2, -0.15) is 0 Å². The molecule has 0 aliphatic carbocycles. The molecule has 0 atom stereocenters. The molecule has 2 aromatic heterocycles. The van der Waals surface area contributed by atoms with E-state index in [0.29, 0.717) is 5.82 Å². The zero-order valence-electron chi connectivity index (χ0n) is 29.7. The molecule has 10 rings (SSSR count). The number of benzene rings is 7. The minimum absolute atomic E-state index is 0.703. The Kier molecular flexibility index (Phi) is 8.35. The Labute approximate surface area is 324 Å². The lowest BCUT2D eigenvalue weighted by Crippen LogP contribution is -2.11. The number of anilines is 6. The fourth-order valence-electron chi connectivity index (χ4n) is 7.44. The maximum absolute atomic E-state index is 4.98. The van der Waals surface area contributed by atoms with Gasteiger partial charge in [-0.3, -0.25) is 4.90 Å². The highest BCUT2D eigenvalue weighted by Crippen LogP contribution is 2.50. The average molecular weight is 724 g/mol. The third-order valence-corrected chi connectivity index (χ3v) is 11.1. The van der Waals surface area contributed by atoms with Crippen molar-refractivity contribution in [2.45, 2.75) is 9.79 Å². The van der Waals surface area contributed by atoms with Crippen LogP contribution in [-0.2, 0) is 0 Å². The van der Waals surface area contributed by atoms with Crippen LogP contribution in [0.15, 0.2) is 210 Å². The summed E-state index contributed by atoms with van der Waals surface area (Å²) in [6, 6.07) is 63.4. The van der Waals surface area contributed by atoms with Crippen LogP contribution in [0.2, 0.25) is 0 Å². The minimum atomic E-state index is 0.703. The van der Waals surface area contributed by atoms with Crippen LogP contribution in [0, 0.1) is 0 Å². The van der Waals surface area contributed by atoms with Crippen LogP contribution in [0.3, 0.4) is 0 Å². The van der Waals surface area contributed by atoms with Crippen LogP contribution in [0.1, 0.15) is 0 Å². The first-order valence-electron chi connectivity index (χ1n) is 18.3. The lowest BCUT2D eigenvalue weighted by atomic mass is 9.93. The van der Waals surface area contributed by atoms with E-state index < -0.39 is 0 Å². The SMILES string of the molecule is c1ccc(N(c2ccccc2)c2cnc(-c3ccc4c5c(cccc35)Sc3cc(-c5ccc(N(c6ccccc6)c6ccccc6)nc5)ccc3-4)nc2)cc1. The van der Waals surface area contributed by atoms with Gasteiger partial charge in [-0.25, -0.2) is 15.0 Å². The van der Waals surface area contributed by atoms with Crippen molar-refractivity contribution >= 4 is 56.8 Å². The van der Waals surface area contributed by atoms with Gasteiger partial charge in [-0.1, -0.05) is 115 Å². The van der Waals surface area contributed by atoms with Crippen molar-refractivity contribution in [2.24, 2.45) is 0 Å². The van der Waals surface area contributed by atoms with Crippen molar-refractivity contribution < 1.29 is 0 Å². The smallest absolute Gasteiger partial charge is 0.159 e. The highest BCUT2D eigenvalue weighted by molar-refractivity contribution is 7.99. The van der Waals surface area contributed by atoms with E-state index in [2.05, 4.69) is 143 Å². The molecule has 0 saturated carbocycles. The molecule has 5 nitrogen and oxygen atoms in total. The number of hydrogen-bond acceptors (Lipinski definition) is 6. The Hall–Kier alpha value is -7.02. The molecule has 0 unspecified atom stereocenters. The monoisotopic (exact) mass is 723 g/mol. The summed E-state index contributed by atoms with van der Waals surface area (Å²) in [7, 11) is 0. The van der Waals surface area contributed by atoms with Crippen molar-refractivity contribution in [2.75, 3.05) is 9.80 Å². The minimum Gasteiger partial charge on any atom is -0.308 e. The number of nitrogens with zero attached hydrogens (tertiary/aromatic N) is 5. The molecule has 6 heteroatoms. The summed E-state index contributed by atoms with van der Waals surface area (Å²) in [4.78, 5) is 21.7. The van der Waals surface area contributed by atoms with Gasteiger partial charge >= 0.3 is 0 Å². The highest BCUT2D eigenvalue weighted by Gasteiger charge is 2.23. The summed E-state index contributed by atoms with van der Waals surface area (Å²) >= 11 is 1.82. The molecule has 0 saturated heterocycles. The van der Waals surface area contributed by atoms with Crippen molar-refractivity contribution in [1.29, 1.82) is 0 Å². The predicted molar refractivity (Wildman–Crippen MR) is 227 cm³/mol. The van der Waals surface area contributed by atoms with Gasteiger partial charge in [0.15, 0.2) is 5.82 Å². The van der Waals surface area contributed by atoms with Gasteiger partial charge in [-0.15, -0.1) is 0 Å². The lowest BCUT2D eigenvalue weighted by Gasteiger charge is -2.25. The van der Waals surface area contributed by atoms with Crippen LogP contribution >= 0.6 is 11.8 Å². The van der Waals surface area contributed by atoms with Gasteiger partial charge in [-0.05, 0) is 101 Å².